The van der Waals surface area contributed by atoms with E-state index in [0.29, 0.717) is 41.9 Å². The Morgan fingerprint density at radius 1 is 1.02 bits per heavy atom. The smallest absolute Gasteiger partial charge is 0.255 e. The molecule has 0 fully saturated rings. The van der Waals surface area contributed by atoms with E-state index in [2.05, 4.69) is 33.8 Å². The molecule has 2 heterocycles. The van der Waals surface area contributed by atoms with Crippen LogP contribution >= 0.6 is 0 Å². The molecular formula is C34H32N6O3. The number of rotatable bonds is 10. The van der Waals surface area contributed by atoms with E-state index in [1.807, 2.05) is 78.9 Å². The van der Waals surface area contributed by atoms with E-state index < -0.39 is 0 Å². The fraction of sp³-hybridized carbons (Fsp3) is 0.176. The second kappa shape index (κ2) is 12.7. The van der Waals surface area contributed by atoms with Gasteiger partial charge in [0.2, 0.25) is 0 Å². The van der Waals surface area contributed by atoms with E-state index in [-0.39, 0.29) is 5.91 Å². The molecule has 6 rings (SSSR count). The number of allylic oxidation sites excluding steroid dienone is 4. The zero-order valence-corrected chi connectivity index (χ0v) is 24.1. The van der Waals surface area contributed by atoms with Crippen molar-refractivity contribution >= 4 is 44.9 Å². The molecule has 1 aliphatic rings. The Kier molecular flexibility index (Phi) is 8.24. The molecule has 9 nitrogen and oxygen atoms in total. The first kappa shape index (κ1) is 27.9. The van der Waals surface area contributed by atoms with Crippen molar-refractivity contribution in [3.63, 3.8) is 0 Å². The first-order valence-corrected chi connectivity index (χ1v) is 14.2. The van der Waals surface area contributed by atoms with Gasteiger partial charge in [-0.05, 0) is 73.5 Å². The van der Waals surface area contributed by atoms with Gasteiger partial charge < -0.3 is 20.1 Å². The maximum absolute atomic E-state index is 13.1. The Balaban J connectivity index is 1.34. The molecule has 43 heavy (non-hydrogen) atoms. The Bertz CT molecular complexity index is 1890. The Morgan fingerprint density at radius 2 is 1.95 bits per heavy atom. The molecule has 216 valence electrons. The van der Waals surface area contributed by atoms with Crippen LogP contribution in [-0.2, 0) is 9.53 Å². The van der Waals surface area contributed by atoms with Crippen molar-refractivity contribution in [2.75, 3.05) is 31.0 Å². The highest BCUT2D eigenvalue weighted by atomic mass is 16.5. The van der Waals surface area contributed by atoms with Gasteiger partial charge in [0.15, 0.2) is 5.82 Å². The van der Waals surface area contributed by atoms with Crippen molar-refractivity contribution in [2.24, 2.45) is 0 Å². The number of hydrogen-bond acceptors (Lipinski definition) is 7. The fourth-order valence-corrected chi connectivity index (χ4v) is 4.87. The van der Waals surface area contributed by atoms with E-state index in [0.717, 1.165) is 45.9 Å². The average molecular weight is 573 g/mol. The normalized spacial score (nSPS) is 13.0. The van der Waals surface area contributed by atoms with Gasteiger partial charge in [0, 0.05) is 40.4 Å². The van der Waals surface area contributed by atoms with Gasteiger partial charge >= 0.3 is 0 Å². The number of ether oxygens (including phenoxy) is 2. The van der Waals surface area contributed by atoms with Gasteiger partial charge in [0.05, 0.1) is 23.8 Å². The van der Waals surface area contributed by atoms with E-state index in [1.165, 1.54) is 5.57 Å². The molecule has 1 aliphatic carbocycles. The van der Waals surface area contributed by atoms with Gasteiger partial charge in [-0.2, -0.15) is 5.10 Å². The van der Waals surface area contributed by atoms with Crippen LogP contribution in [0.5, 0.6) is 5.75 Å². The molecule has 2 aromatic heterocycles. The second-order valence-corrected chi connectivity index (χ2v) is 10.2. The van der Waals surface area contributed by atoms with E-state index in [1.54, 1.807) is 13.3 Å². The molecule has 0 atom stereocenters. The minimum atomic E-state index is -0.160. The second-order valence-electron chi connectivity index (χ2n) is 10.2. The van der Waals surface area contributed by atoms with Crippen LogP contribution in [0.2, 0.25) is 0 Å². The average Bonchev–Trinajstić information content (AvgIpc) is 3.36. The molecule has 9 heteroatoms. The van der Waals surface area contributed by atoms with E-state index >= 15 is 0 Å². The lowest BCUT2D eigenvalue weighted by molar-refractivity contribution is -0.112. The first-order valence-electron chi connectivity index (χ1n) is 14.2. The third kappa shape index (κ3) is 6.47. The molecule has 0 radical (unpaired) electrons. The summed E-state index contributed by atoms with van der Waals surface area (Å²) in [5.41, 5.74) is 5.83. The maximum Gasteiger partial charge on any atom is 0.255 e. The van der Waals surface area contributed by atoms with Gasteiger partial charge in [-0.15, -0.1) is 0 Å². The number of hydrogen-bond donors (Lipinski definition) is 3. The molecule has 5 aromatic rings. The lowest BCUT2D eigenvalue weighted by atomic mass is 10.1. The van der Waals surface area contributed by atoms with Crippen molar-refractivity contribution in [2.45, 2.75) is 19.8 Å². The third-order valence-corrected chi connectivity index (χ3v) is 7.17. The van der Waals surface area contributed by atoms with Crippen LogP contribution in [0.25, 0.3) is 33.2 Å². The molecule has 0 spiro atoms. The summed E-state index contributed by atoms with van der Waals surface area (Å²) in [4.78, 5) is 23.0. The monoisotopic (exact) mass is 572 g/mol. The summed E-state index contributed by atoms with van der Waals surface area (Å²) in [6.07, 6.45) is 11.4. The van der Waals surface area contributed by atoms with Crippen LogP contribution in [-0.4, -0.2) is 46.4 Å². The molecule has 3 aromatic carbocycles. The highest BCUT2D eigenvalue weighted by molar-refractivity contribution is 6.06. The number of methoxy groups -OCH3 is 1. The predicted molar refractivity (Wildman–Crippen MR) is 171 cm³/mol. The summed E-state index contributed by atoms with van der Waals surface area (Å²) >= 11 is 0. The van der Waals surface area contributed by atoms with Gasteiger partial charge in [0.25, 0.3) is 5.91 Å². The number of aromatic nitrogens is 4. The third-order valence-electron chi connectivity index (χ3n) is 7.17. The molecule has 1 amide bonds. The number of carbonyl (C=O) groups excluding carboxylic acids is 1. The topological polar surface area (TPSA) is 114 Å². The van der Waals surface area contributed by atoms with Gasteiger partial charge in [-0.3, -0.25) is 9.89 Å². The number of amides is 1. The fourth-order valence-electron chi connectivity index (χ4n) is 4.87. The van der Waals surface area contributed by atoms with Crippen LogP contribution in [0.1, 0.15) is 19.8 Å². The number of anilines is 3. The summed E-state index contributed by atoms with van der Waals surface area (Å²) in [6, 6.07) is 19.3. The molecule has 3 N–H and O–H groups in total. The Hall–Kier alpha value is -5.28. The number of fused-ring (bicyclic) bond motifs is 2. The van der Waals surface area contributed by atoms with E-state index in [4.69, 9.17) is 19.4 Å². The Morgan fingerprint density at radius 3 is 2.84 bits per heavy atom. The number of aromatic amines is 1. The summed E-state index contributed by atoms with van der Waals surface area (Å²) < 4.78 is 11.0. The van der Waals surface area contributed by atoms with Crippen molar-refractivity contribution in [3.05, 3.63) is 102 Å². The Labute approximate surface area is 249 Å². The lowest BCUT2D eigenvalue weighted by Gasteiger charge is -2.14. The number of nitrogens with zero attached hydrogens (tertiary/aromatic N) is 3. The minimum absolute atomic E-state index is 0.160. The zero-order valence-electron chi connectivity index (χ0n) is 24.1. The van der Waals surface area contributed by atoms with Crippen LogP contribution in [0.4, 0.5) is 17.2 Å². The molecular weight excluding hydrogens is 540 g/mol. The van der Waals surface area contributed by atoms with Gasteiger partial charge in [-0.25, -0.2) is 9.97 Å². The highest BCUT2D eigenvalue weighted by Crippen LogP contribution is 2.32. The van der Waals surface area contributed by atoms with Crippen LogP contribution in [0.3, 0.4) is 0 Å². The summed E-state index contributed by atoms with van der Waals surface area (Å²) in [6.45, 7) is 3.02. The van der Waals surface area contributed by atoms with Crippen molar-refractivity contribution in [3.8, 4) is 17.1 Å². The first-order chi connectivity index (χ1) is 21.1. The van der Waals surface area contributed by atoms with Crippen molar-refractivity contribution < 1.29 is 14.3 Å². The number of nitrogens with one attached hydrogen (secondary N) is 3. The summed E-state index contributed by atoms with van der Waals surface area (Å²) in [7, 11) is 1.64. The van der Waals surface area contributed by atoms with Gasteiger partial charge in [-0.1, -0.05) is 36.8 Å². The largest absolute Gasteiger partial charge is 0.491 e. The number of benzene rings is 3. The predicted octanol–water partition coefficient (Wildman–Crippen LogP) is 7.10. The summed E-state index contributed by atoms with van der Waals surface area (Å²) in [5.74, 6) is 1.68. The zero-order chi connectivity index (χ0) is 29.6. The van der Waals surface area contributed by atoms with Crippen molar-refractivity contribution in [1.29, 1.82) is 0 Å². The maximum atomic E-state index is 13.1. The molecule has 0 saturated carbocycles. The molecule has 0 bridgehead atoms. The minimum Gasteiger partial charge on any atom is -0.491 e. The number of H-pyrrole nitrogens is 1. The van der Waals surface area contributed by atoms with Crippen LogP contribution in [0, 0.1) is 0 Å². The van der Waals surface area contributed by atoms with Crippen molar-refractivity contribution in [1.82, 2.24) is 20.2 Å². The molecule has 0 unspecified atom stereocenters. The van der Waals surface area contributed by atoms with Gasteiger partial charge in [0.1, 0.15) is 18.2 Å². The SMILES string of the molecule is CCC1=CC(C(=O)Nc2cccc(-c3nc(Nc4ccc5[nH]ncc5c4)c4cc(OCCOC)ccc4n3)c2)=CC=CC1. The number of carbonyl (C=O) groups is 1. The van der Waals surface area contributed by atoms with Crippen LogP contribution < -0.4 is 15.4 Å². The highest BCUT2D eigenvalue weighted by Gasteiger charge is 2.14. The summed E-state index contributed by atoms with van der Waals surface area (Å²) in [5, 5.41) is 15.4. The molecule has 0 saturated heterocycles. The lowest BCUT2D eigenvalue weighted by Crippen LogP contribution is -2.13. The standard InChI is InChI=1S/C34H32N6O3/c1-3-22-7-4-5-8-24(17-22)34(41)37-26-10-6-9-23(18-26)32-38-31-14-12-28(43-16-15-42-2)20-29(31)33(39-32)36-27-11-13-30-25(19-27)21-35-40-30/h4-6,8-14,17-21H,3,7,15-16H2,1-2H3,(H,35,40)(H,37,41)(H,36,38,39). The van der Waals surface area contributed by atoms with E-state index in [9.17, 15) is 4.79 Å². The van der Waals surface area contributed by atoms with Crippen LogP contribution in [0.15, 0.2) is 102 Å². The quantitative estimate of drug-likeness (QED) is 0.153. The molecule has 0 aliphatic heterocycles.